The second-order valence-electron chi connectivity index (χ2n) is 5.46. The molecule has 0 bridgehead atoms. The van der Waals surface area contributed by atoms with Crippen LogP contribution in [-0.4, -0.2) is 59.6 Å². The molecular weight excluding hydrogens is 304 g/mol. The lowest BCUT2D eigenvalue weighted by Gasteiger charge is -2.22. The first-order valence-corrected chi connectivity index (χ1v) is 9.54. The van der Waals surface area contributed by atoms with Gasteiger partial charge in [0.15, 0.2) is 5.13 Å². The van der Waals surface area contributed by atoms with Gasteiger partial charge < -0.3 is 15.1 Å². The molecule has 116 valence electrons. The van der Waals surface area contributed by atoms with Crippen LogP contribution in [0, 0.1) is 0 Å². The number of hydrogen-bond acceptors (Lipinski definition) is 5. The molecule has 5 nitrogen and oxygen atoms in total. The van der Waals surface area contributed by atoms with E-state index in [1.165, 1.54) is 18.6 Å². The maximum Gasteiger partial charge on any atom is 0.317 e. The topological polar surface area (TPSA) is 48.5 Å². The number of thiazole rings is 1. The first kappa shape index (κ1) is 15.0. The maximum absolute atomic E-state index is 12.3. The van der Waals surface area contributed by atoms with Crippen molar-refractivity contribution >= 4 is 34.3 Å². The summed E-state index contributed by atoms with van der Waals surface area (Å²) in [4.78, 5) is 20.9. The van der Waals surface area contributed by atoms with Gasteiger partial charge in [0.25, 0.3) is 0 Å². The van der Waals surface area contributed by atoms with Crippen LogP contribution in [0.15, 0.2) is 11.6 Å². The summed E-state index contributed by atoms with van der Waals surface area (Å²) in [7, 11) is 0. The van der Waals surface area contributed by atoms with E-state index < -0.39 is 0 Å². The number of nitrogens with zero attached hydrogens (tertiary/aromatic N) is 3. The van der Waals surface area contributed by atoms with Gasteiger partial charge in [0, 0.05) is 49.6 Å². The lowest BCUT2D eigenvalue weighted by molar-refractivity contribution is 0.201. The number of anilines is 1. The fourth-order valence-corrected chi connectivity index (χ4v) is 4.70. The molecule has 0 radical (unpaired) electrons. The lowest BCUT2D eigenvalue weighted by atomic mass is 10.2. The Balaban J connectivity index is 1.46. The SMILES string of the molecule is O=C(NC[C@H]1CCCS1)N1CCCN(c2nccs2)CC1. The highest BCUT2D eigenvalue weighted by atomic mass is 32.2. The van der Waals surface area contributed by atoms with Crippen molar-refractivity contribution in [1.82, 2.24) is 15.2 Å². The van der Waals surface area contributed by atoms with Crippen LogP contribution in [0.1, 0.15) is 19.3 Å². The zero-order valence-electron chi connectivity index (χ0n) is 12.2. The van der Waals surface area contributed by atoms with Crippen molar-refractivity contribution in [3.05, 3.63) is 11.6 Å². The molecule has 1 atom stereocenters. The Bertz CT molecular complexity index is 448. The van der Waals surface area contributed by atoms with Crippen LogP contribution in [0.4, 0.5) is 9.93 Å². The predicted molar refractivity (Wildman–Crippen MR) is 89.4 cm³/mol. The minimum Gasteiger partial charge on any atom is -0.346 e. The monoisotopic (exact) mass is 326 g/mol. The van der Waals surface area contributed by atoms with Gasteiger partial charge in [0.05, 0.1) is 0 Å². The van der Waals surface area contributed by atoms with Gasteiger partial charge in [-0.25, -0.2) is 9.78 Å². The average molecular weight is 326 g/mol. The van der Waals surface area contributed by atoms with Crippen molar-refractivity contribution < 1.29 is 4.79 Å². The predicted octanol–water partition coefficient (Wildman–Crippen LogP) is 2.26. The van der Waals surface area contributed by atoms with Gasteiger partial charge >= 0.3 is 6.03 Å². The summed E-state index contributed by atoms with van der Waals surface area (Å²) in [6, 6.07) is 0.100. The standard InChI is InChI=1S/C14H22N4OS2/c19-13(16-11-12-3-1-9-20-12)17-5-2-6-18(8-7-17)14-15-4-10-21-14/h4,10,12H,1-3,5-9,11H2,(H,16,19)/t12-/m1/s1. The van der Waals surface area contributed by atoms with Gasteiger partial charge in [-0.1, -0.05) is 0 Å². The van der Waals surface area contributed by atoms with Gasteiger partial charge in [-0.15, -0.1) is 11.3 Å². The van der Waals surface area contributed by atoms with Crippen molar-refractivity contribution in [2.45, 2.75) is 24.5 Å². The van der Waals surface area contributed by atoms with Gasteiger partial charge in [0.1, 0.15) is 0 Å². The molecule has 2 aliphatic rings. The number of amides is 2. The van der Waals surface area contributed by atoms with E-state index in [1.54, 1.807) is 11.3 Å². The van der Waals surface area contributed by atoms with E-state index in [0.717, 1.165) is 44.3 Å². The van der Waals surface area contributed by atoms with Crippen molar-refractivity contribution in [2.24, 2.45) is 0 Å². The fourth-order valence-electron chi connectivity index (χ4n) is 2.80. The number of hydrogen-bond donors (Lipinski definition) is 1. The van der Waals surface area contributed by atoms with Crippen LogP contribution in [0.25, 0.3) is 0 Å². The minimum absolute atomic E-state index is 0.100. The second-order valence-corrected chi connectivity index (χ2v) is 7.74. The van der Waals surface area contributed by atoms with E-state index >= 15 is 0 Å². The average Bonchev–Trinajstić information content (AvgIpc) is 3.15. The highest BCUT2D eigenvalue weighted by molar-refractivity contribution is 8.00. The molecule has 0 aliphatic carbocycles. The lowest BCUT2D eigenvalue weighted by Crippen LogP contribution is -2.43. The Hall–Kier alpha value is -0.950. The smallest absolute Gasteiger partial charge is 0.317 e. The van der Waals surface area contributed by atoms with Crippen molar-refractivity contribution in [3.8, 4) is 0 Å². The third-order valence-electron chi connectivity index (χ3n) is 3.98. The zero-order chi connectivity index (χ0) is 14.5. The Labute approximate surface area is 134 Å². The molecule has 0 aromatic carbocycles. The molecule has 3 rings (SSSR count). The summed E-state index contributed by atoms with van der Waals surface area (Å²) < 4.78 is 0. The van der Waals surface area contributed by atoms with E-state index in [2.05, 4.69) is 15.2 Å². The minimum atomic E-state index is 0.100. The molecular formula is C14H22N4OS2. The summed E-state index contributed by atoms with van der Waals surface area (Å²) in [5.74, 6) is 1.24. The Morgan fingerprint density at radius 3 is 3.05 bits per heavy atom. The van der Waals surface area contributed by atoms with E-state index in [1.807, 2.05) is 28.2 Å². The molecule has 1 N–H and O–H groups in total. The van der Waals surface area contributed by atoms with Gasteiger partial charge in [0.2, 0.25) is 0 Å². The summed E-state index contributed by atoms with van der Waals surface area (Å²) in [5.41, 5.74) is 0. The first-order valence-electron chi connectivity index (χ1n) is 7.62. The van der Waals surface area contributed by atoms with Crippen LogP contribution >= 0.6 is 23.1 Å². The van der Waals surface area contributed by atoms with E-state index in [0.29, 0.717) is 5.25 Å². The van der Waals surface area contributed by atoms with Crippen LogP contribution in [0.3, 0.4) is 0 Å². The molecule has 3 heterocycles. The quantitative estimate of drug-likeness (QED) is 0.926. The van der Waals surface area contributed by atoms with Crippen molar-refractivity contribution in [3.63, 3.8) is 0 Å². The van der Waals surface area contributed by atoms with E-state index in [-0.39, 0.29) is 6.03 Å². The van der Waals surface area contributed by atoms with Crippen LogP contribution in [0.5, 0.6) is 0 Å². The normalized spacial score (nSPS) is 23.1. The number of carbonyl (C=O) groups is 1. The van der Waals surface area contributed by atoms with Gasteiger partial charge in [-0.3, -0.25) is 0 Å². The largest absolute Gasteiger partial charge is 0.346 e. The third-order valence-corrected chi connectivity index (χ3v) is 6.21. The fraction of sp³-hybridized carbons (Fsp3) is 0.714. The third kappa shape index (κ3) is 4.03. The molecule has 2 fully saturated rings. The van der Waals surface area contributed by atoms with E-state index in [4.69, 9.17) is 0 Å². The van der Waals surface area contributed by atoms with Gasteiger partial charge in [-0.05, 0) is 25.0 Å². The number of thioether (sulfide) groups is 1. The first-order chi connectivity index (χ1) is 10.3. The van der Waals surface area contributed by atoms with Crippen LogP contribution < -0.4 is 10.2 Å². The van der Waals surface area contributed by atoms with Gasteiger partial charge in [-0.2, -0.15) is 11.8 Å². The van der Waals surface area contributed by atoms with Crippen molar-refractivity contribution in [1.29, 1.82) is 0 Å². The number of nitrogens with one attached hydrogen (secondary N) is 1. The molecule has 0 saturated carbocycles. The van der Waals surface area contributed by atoms with Crippen LogP contribution in [0.2, 0.25) is 0 Å². The highest BCUT2D eigenvalue weighted by Crippen LogP contribution is 2.25. The molecule has 1 aromatic rings. The number of rotatable bonds is 3. The zero-order valence-corrected chi connectivity index (χ0v) is 13.8. The molecule has 7 heteroatoms. The summed E-state index contributed by atoms with van der Waals surface area (Å²) >= 11 is 3.65. The number of aromatic nitrogens is 1. The van der Waals surface area contributed by atoms with E-state index in [9.17, 15) is 4.79 Å². The Morgan fingerprint density at radius 2 is 2.29 bits per heavy atom. The molecule has 1 aromatic heterocycles. The molecule has 0 spiro atoms. The summed E-state index contributed by atoms with van der Waals surface area (Å²) in [6.07, 6.45) is 5.38. The summed E-state index contributed by atoms with van der Waals surface area (Å²) in [6.45, 7) is 4.29. The molecule has 0 unspecified atom stereocenters. The van der Waals surface area contributed by atoms with Crippen LogP contribution in [-0.2, 0) is 0 Å². The Morgan fingerprint density at radius 1 is 1.33 bits per heavy atom. The summed E-state index contributed by atoms with van der Waals surface area (Å²) in [5, 5.41) is 6.80. The molecule has 21 heavy (non-hydrogen) atoms. The van der Waals surface area contributed by atoms with Crippen molar-refractivity contribution in [2.75, 3.05) is 43.4 Å². The molecule has 2 saturated heterocycles. The number of carbonyl (C=O) groups excluding carboxylic acids is 1. The highest BCUT2D eigenvalue weighted by Gasteiger charge is 2.22. The number of urea groups is 1. The maximum atomic E-state index is 12.3. The Kier molecular flexibility index (Phi) is 5.24. The molecule has 2 aliphatic heterocycles. The molecule has 2 amide bonds. The second kappa shape index (κ2) is 7.35.